The molecule has 0 unspecified atom stereocenters. The maximum atomic E-state index is 12.4. The summed E-state index contributed by atoms with van der Waals surface area (Å²) in [5, 5.41) is 29.5. The third-order valence-electron chi connectivity index (χ3n) is 4.61. The number of aromatic nitrogens is 1. The van der Waals surface area contributed by atoms with Crippen LogP contribution in [0.4, 0.5) is 11.4 Å². The Morgan fingerprint density at radius 1 is 1.09 bits per heavy atom. The van der Waals surface area contributed by atoms with E-state index in [1.807, 2.05) is 36.4 Å². The van der Waals surface area contributed by atoms with Crippen LogP contribution in [0.15, 0.2) is 81.9 Å². The number of benzene rings is 3. The monoisotopic (exact) mass is 466 g/mol. The molecule has 0 aliphatic heterocycles. The van der Waals surface area contributed by atoms with E-state index in [1.165, 1.54) is 18.2 Å². The predicted molar refractivity (Wildman–Crippen MR) is 123 cm³/mol. The minimum atomic E-state index is -0.596. The number of halogens is 1. The lowest BCUT2D eigenvalue weighted by Crippen LogP contribution is -1.94. The Balaban J connectivity index is 1.46. The number of H-pyrrole nitrogens is 1. The summed E-state index contributed by atoms with van der Waals surface area (Å²) in [6.45, 7) is 0. The van der Waals surface area contributed by atoms with Crippen molar-refractivity contribution >= 4 is 51.5 Å². The molecular formula is C22H15ClN4O4S. The van der Waals surface area contributed by atoms with Crippen molar-refractivity contribution in [3.63, 3.8) is 0 Å². The molecule has 0 aliphatic carbocycles. The Bertz CT molecular complexity index is 1330. The first-order chi connectivity index (χ1) is 15.4. The molecule has 32 heavy (non-hydrogen) atoms. The van der Waals surface area contributed by atoms with Crippen molar-refractivity contribution in [2.24, 2.45) is 10.2 Å². The number of nitro benzene ring substituents is 1. The molecular weight excluding hydrogens is 452 g/mol. The summed E-state index contributed by atoms with van der Waals surface area (Å²) in [4.78, 5) is 26.6. The lowest BCUT2D eigenvalue weighted by Gasteiger charge is -2.03. The van der Waals surface area contributed by atoms with Gasteiger partial charge in [0.05, 0.1) is 10.4 Å². The van der Waals surface area contributed by atoms with Crippen LogP contribution in [0.1, 0.15) is 15.9 Å². The summed E-state index contributed by atoms with van der Waals surface area (Å²) < 4.78 is 0. The summed E-state index contributed by atoms with van der Waals surface area (Å²) in [6.07, 6.45) is 0. The van der Waals surface area contributed by atoms with Crippen molar-refractivity contribution in [1.82, 2.24) is 4.98 Å². The molecule has 0 atom stereocenters. The number of fused-ring (bicyclic) bond motifs is 1. The number of nitrogens with zero attached hydrogens (tertiary/aromatic N) is 3. The molecule has 3 aromatic carbocycles. The van der Waals surface area contributed by atoms with E-state index in [0.29, 0.717) is 21.5 Å². The maximum Gasteiger partial charge on any atom is 0.295 e. The number of carbonyl (C=O) groups excluding carboxylic acids is 1. The smallest absolute Gasteiger partial charge is 0.295 e. The van der Waals surface area contributed by atoms with Gasteiger partial charge in [-0.1, -0.05) is 23.7 Å². The molecule has 160 valence electrons. The number of rotatable bonds is 6. The number of hydrogen-bond donors (Lipinski definition) is 2. The highest BCUT2D eigenvalue weighted by Gasteiger charge is 2.15. The normalized spacial score (nSPS) is 11.3. The van der Waals surface area contributed by atoms with E-state index in [1.54, 1.807) is 23.9 Å². The summed E-state index contributed by atoms with van der Waals surface area (Å²) in [7, 11) is 0. The highest BCUT2D eigenvalue weighted by atomic mass is 35.5. The van der Waals surface area contributed by atoms with Crippen molar-refractivity contribution in [1.29, 1.82) is 0 Å². The second-order valence-corrected chi connectivity index (χ2v) is 8.24. The third-order valence-corrected chi connectivity index (χ3v) is 5.94. The molecule has 4 aromatic rings. The summed E-state index contributed by atoms with van der Waals surface area (Å²) >= 11 is 7.54. The molecule has 0 bridgehead atoms. The van der Waals surface area contributed by atoms with Crippen LogP contribution in [-0.4, -0.2) is 20.9 Å². The van der Waals surface area contributed by atoms with E-state index in [9.17, 15) is 20.0 Å². The van der Waals surface area contributed by atoms with Gasteiger partial charge in [-0.25, -0.2) is 0 Å². The number of thioether (sulfide) groups is 1. The molecule has 1 aromatic heterocycles. The average Bonchev–Trinajstić information content (AvgIpc) is 3.11. The van der Waals surface area contributed by atoms with Crippen LogP contribution in [0, 0.1) is 10.1 Å². The number of hydrogen-bond acceptors (Lipinski definition) is 6. The number of nitrogens with one attached hydrogen (secondary N) is 1. The van der Waals surface area contributed by atoms with E-state index in [2.05, 4.69) is 15.2 Å². The molecule has 0 aliphatic rings. The molecule has 0 saturated heterocycles. The molecule has 0 spiro atoms. The largest absolute Gasteiger partial charge is 0.493 e. The number of carbonyl (C=O) groups is 1. The second-order valence-electron chi connectivity index (χ2n) is 6.75. The Labute approximate surface area is 191 Å². The van der Waals surface area contributed by atoms with E-state index >= 15 is 0 Å². The van der Waals surface area contributed by atoms with Gasteiger partial charge >= 0.3 is 0 Å². The van der Waals surface area contributed by atoms with Gasteiger partial charge in [0.1, 0.15) is 0 Å². The minimum Gasteiger partial charge on any atom is -0.493 e. The topological polar surface area (TPSA) is 121 Å². The van der Waals surface area contributed by atoms with Gasteiger partial charge in [0.15, 0.2) is 5.69 Å². The summed E-state index contributed by atoms with van der Waals surface area (Å²) in [6, 6.07) is 18.5. The number of aromatic amines is 1. The van der Waals surface area contributed by atoms with Crippen molar-refractivity contribution in [3.05, 3.63) is 93.0 Å². The zero-order valence-electron chi connectivity index (χ0n) is 16.4. The first-order valence-corrected chi connectivity index (χ1v) is 10.7. The number of aromatic hydroxyl groups is 1. The Hall–Kier alpha value is -3.69. The van der Waals surface area contributed by atoms with Crippen LogP contribution < -0.4 is 0 Å². The van der Waals surface area contributed by atoms with Crippen molar-refractivity contribution in [2.45, 2.75) is 10.6 Å². The lowest BCUT2D eigenvalue weighted by atomic mass is 10.1. The number of non-ortho nitro benzene ring substituents is 1. The molecule has 8 nitrogen and oxygen atoms in total. The van der Waals surface area contributed by atoms with E-state index in [-0.39, 0.29) is 17.3 Å². The second kappa shape index (κ2) is 9.21. The molecule has 0 fully saturated rings. The standard InChI is InChI=1S/C22H15ClN4O4S/c23-15-5-8-17(9-6-15)32-12-13-1-3-14(4-2-13)21(28)26-25-20-18-11-16(27(30)31)7-10-19(18)24-22(20)29/h1-11,24,29H,12H2. The van der Waals surface area contributed by atoms with Gasteiger partial charge in [-0.15, -0.1) is 22.0 Å². The fourth-order valence-electron chi connectivity index (χ4n) is 2.96. The van der Waals surface area contributed by atoms with Gasteiger partial charge in [-0.05, 0) is 48.0 Å². The number of nitro groups is 1. The highest BCUT2D eigenvalue weighted by Crippen LogP contribution is 2.37. The zero-order valence-corrected chi connectivity index (χ0v) is 17.9. The number of azo groups is 1. The van der Waals surface area contributed by atoms with Gasteiger partial charge in [0.25, 0.3) is 11.6 Å². The summed E-state index contributed by atoms with van der Waals surface area (Å²) in [5.74, 6) is -0.202. The van der Waals surface area contributed by atoms with Crippen LogP contribution in [0.2, 0.25) is 5.02 Å². The fraction of sp³-hybridized carbons (Fsp3) is 0.0455. The molecule has 4 rings (SSSR count). The van der Waals surface area contributed by atoms with Gasteiger partial charge in [0.2, 0.25) is 5.88 Å². The first kappa shape index (κ1) is 21.5. The van der Waals surface area contributed by atoms with Gasteiger partial charge < -0.3 is 10.1 Å². The average molecular weight is 467 g/mol. The molecule has 1 amide bonds. The van der Waals surface area contributed by atoms with Crippen molar-refractivity contribution in [2.75, 3.05) is 0 Å². The predicted octanol–water partition coefficient (Wildman–Crippen LogP) is 6.65. The minimum absolute atomic E-state index is 0.0342. The molecule has 10 heteroatoms. The quantitative estimate of drug-likeness (QED) is 0.142. The van der Waals surface area contributed by atoms with E-state index < -0.39 is 10.8 Å². The molecule has 1 heterocycles. The third kappa shape index (κ3) is 4.79. The number of amides is 1. The Morgan fingerprint density at radius 3 is 2.50 bits per heavy atom. The Kier molecular flexibility index (Phi) is 6.20. The van der Waals surface area contributed by atoms with Crippen LogP contribution in [-0.2, 0) is 5.75 Å². The van der Waals surface area contributed by atoms with E-state index in [4.69, 9.17) is 11.6 Å². The van der Waals surface area contributed by atoms with Gasteiger partial charge in [-0.2, -0.15) is 0 Å². The molecule has 2 N–H and O–H groups in total. The SMILES string of the molecule is O=C(N=Nc1c(O)[nH]c2ccc([N+](=O)[O-])cc12)c1ccc(CSc2ccc(Cl)cc2)cc1. The molecule has 0 saturated carbocycles. The lowest BCUT2D eigenvalue weighted by molar-refractivity contribution is -0.384. The zero-order chi connectivity index (χ0) is 22.7. The van der Waals surface area contributed by atoms with Crippen LogP contribution in [0.3, 0.4) is 0 Å². The van der Waals surface area contributed by atoms with Crippen LogP contribution >= 0.6 is 23.4 Å². The van der Waals surface area contributed by atoms with Crippen molar-refractivity contribution < 1.29 is 14.8 Å². The maximum absolute atomic E-state index is 12.4. The van der Waals surface area contributed by atoms with Gasteiger partial charge in [-0.3, -0.25) is 14.9 Å². The van der Waals surface area contributed by atoms with Gasteiger partial charge in [0, 0.05) is 38.8 Å². The van der Waals surface area contributed by atoms with Crippen LogP contribution in [0.25, 0.3) is 10.9 Å². The summed E-state index contributed by atoms with van der Waals surface area (Å²) in [5.41, 5.74) is 1.61. The van der Waals surface area contributed by atoms with Crippen LogP contribution in [0.5, 0.6) is 5.88 Å². The van der Waals surface area contributed by atoms with E-state index in [0.717, 1.165) is 16.2 Å². The molecule has 0 radical (unpaired) electrons. The fourth-order valence-corrected chi connectivity index (χ4v) is 3.94. The first-order valence-electron chi connectivity index (χ1n) is 9.33. The van der Waals surface area contributed by atoms with Crippen molar-refractivity contribution in [3.8, 4) is 5.88 Å². The highest BCUT2D eigenvalue weighted by molar-refractivity contribution is 7.98. The Morgan fingerprint density at radius 2 is 1.81 bits per heavy atom.